The third kappa shape index (κ3) is 0.396. The standard InChI is InChI=1S/C11H16O/c12-4-3-8-6-1-2-7-9-5-11(8,9)10(6)7/h6-10,12H,1-5H2. The van der Waals surface area contributed by atoms with Crippen LogP contribution in [0.15, 0.2) is 0 Å². The summed E-state index contributed by atoms with van der Waals surface area (Å²) in [5.74, 6) is 5.46. The molecule has 1 nitrogen and oxygen atoms in total. The zero-order chi connectivity index (χ0) is 7.92. The zero-order valence-corrected chi connectivity index (χ0v) is 7.37. The summed E-state index contributed by atoms with van der Waals surface area (Å²) in [5.41, 5.74) is 0.842. The fourth-order valence-corrected chi connectivity index (χ4v) is 5.47. The Morgan fingerprint density at radius 2 is 2.08 bits per heavy atom. The summed E-state index contributed by atoms with van der Waals surface area (Å²) in [6.07, 6.45) is 5.69. The summed E-state index contributed by atoms with van der Waals surface area (Å²) in [5, 5.41) is 8.99. The largest absolute Gasteiger partial charge is 0.396 e. The molecular formula is C11H16O. The van der Waals surface area contributed by atoms with E-state index in [0.29, 0.717) is 6.61 Å². The average molecular weight is 164 g/mol. The van der Waals surface area contributed by atoms with Crippen molar-refractivity contribution in [3.8, 4) is 0 Å². The lowest BCUT2D eigenvalue weighted by atomic mass is 9.44. The fraction of sp³-hybridized carbons (Fsp3) is 1.00. The number of aliphatic hydroxyl groups excluding tert-OH is 1. The van der Waals surface area contributed by atoms with Crippen LogP contribution in [-0.2, 0) is 0 Å². The molecule has 0 bridgehead atoms. The van der Waals surface area contributed by atoms with Gasteiger partial charge in [0, 0.05) is 6.61 Å². The molecule has 1 heteroatoms. The van der Waals surface area contributed by atoms with E-state index >= 15 is 0 Å². The zero-order valence-electron chi connectivity index (χ0n) is 7.37. The van der Waals surface area contributed by atoms with Gasteiger partial charge in [0.15, 0.2) is 0 Å². The molecule has 6 unspecified atom stereocenters. The van der Waals surface area contributed by atoms with Crippen LogP contribution in [0.4, 0.5) is 0 Å². The average Bonchev–Trinajstić information content (AvgIpc) is 2.68. The summed E-state index contributed by atoms with van der Waals surface area (Å²) in [7, 11) is 0. The Morgan fingerprint density at radius 1 is 1.25 bits per heavy atom. The molecule has 0 amide bonds. The van der Waals surface area contributed by atoms with Gasteiger partial charge in [0.05, 0.1) is 0 Å². The lowest BCUT2D eigenvalue weighted by Crippen LogP contribution is -2.56. The van der Waals surface area contributed by atoms with Gasteiger partial charge in [-0.2, -0.15) is 0 Å². The lowest BCUT2D eigenvalue weighted by Gasteiger charge is -2.60. The van der Waals surface area contributed by atoms with Crippen molar-refractivity contribution in [2.24, 2.45) is 35.0 Å². The van der Waals surface area contributed by atoms with Gasteiger partial charge in [-0.25, -0.2) is 0 Å². The maximum absolute atomic E-state index is 8.99. The first-order valence-electron chi connectivity index (χ1n) is 5.50. The van der Waals surface area contributed by atoms with Crippen LogP contribution in [-0.4, -0.2) is 11.7 Å². The highest BCUT2D eigenvalue weighted by Crippen LogP contribution is 2.91. The van der Waals surface area contributed by atoms with E-state index < -0.39 is 0 Å². The second-order valence-electron chi connectivity index (χ2n) is 5.47. The van der Waals surface area contributed by atoms with Crippen LogP contribution >= 0.6 is 0 Å². The smallest absolute Gasteiger partial charge is 0.0433 e. The maximum atomic E-state index is 8.99. The predicted molar refractivity (Wildman–Crippen MR) is 45.4 cm³/mol. The Morgan fingerprint density at radius 3 is 2.92 bits per heavy atom. The summed E-state index contributed by atoms with van der Waals surface area (Å²) in [4.78, 5) is 0. The van der Waals surface area contributed by atoms with Crippen LogP contribution < -0.4 is 0 Å². The molecule has 4 aliphatic carbocycles. The number of rotatable bonds is 2. The molecule has 4 saturated carbocycles. The van der Waals surface area contributed by atoms with Crippen molar-refractivity contribution in [3.05, 3.63) is 0 Å². The molecule has 0 heterocycles. The topological polar surface area (TPSA) is 20.2 Å². The van der Waals surface area contributed by atoms with E-state index in [-0.39, 0.29) is 0 Å². The van der Waals surface area contributed by atoms with Crippen molar-refractivity contribution in [2.45, 2.75) is 25.7 Å². The van der Waals surface area contributed by atoms with E-state index in [2.05, 4.69) is 0 Å². The Balaban J connectivity index is 1.67. The van der Waals surface area contributed by atoms with E-state index in [4.69, 9.17) is 5.11 Å². The van der Waals surface area contributed by atoms with Gasteiger partial charge in [0.2, 0.25) is 0 Å². The summed E-state index contributed by atoms with van der Waals surface area (Å²) >= 11 is 0. The molecule has 12 heavy (non-hydrogen) atoms. The number of hydrogen-bond donors (Lipinski definition) is 1. The molecule has 0 radical (unpaired) electrons. The van der Waals surface area contributed by atoms with Crippen molar-refractivity contribution in [1.29, 1.82) is 0 Å². The van der Waals surface area contributed by atoms with Crippen LogP contribution in [0, 0.1) is 35.0 Å². The Hall–Kier alpha value is -0.0400. The molecule has 0 aromatic heterocycles. The third-order valence-electron chi connectivity index (χ3n) is 5.64. The molecule has 0 aromatic carbocycles. The van der Waals surface area contributed by atoms with E-state index in [1.807, 2.05) is 0 Å². The van der Waals surface area contributed by atoms with E-state index in [1.54, 1.807) is 6.42 Å². The van der Waals surface area contributed by atoms with E-state index in [1.165, 1.54) is 12.8 Å². The van der Waals surface area contributed by atoms with Gasteiger partial charge in [0.25, 0.3) is 0 Å². The minimum atomic E-state index is 0.438. The molecule has 1 N–H and O–H groups in total. The van der Waals surface area contributed by atoms with Gasteiger partial charge in [-0.15, -0.1) is 0 Å². The first-order chi connectivity index (χ1) is 5.89. The predicted octanol–water partition coefficient (Wildman–Crippen LogP) is 1.66. The SMILES string of the molecule is OCCC1C2CCC3C4CC14C23. The Kier molecular flexibility index (Phi) is 0.863. The number of hydrogen-bond acceptors (Lipinski definition) is 1. The molecule has 0 aromatic rings. The molecule has 4 fully saturated rings. The van der Waals surface area contributed by atoms with Gasteiger partial charge in [-0.3, -0.25) is 0 Å². The highest BCUT2D eigenvalue weighted by molar-refractivity contribution is 5.33. The van der Waals surface area contributed by atoms with Crippen molar-refractivity contribution >= 4 is 0 Å². The van der Waals surface area contributed by atoms with Crippen LogP contribution in [0.1, 0.15) is 25.7 Å². The normalized spacial score (nSPS) is 69.2. The minimum Gasteiger partial charge on any atom is -0.396 e. The molecule has 6 atom stereocenters. The van der Waals surface area contributed by atoms with Crippen molar-refractivity contribution in [2.75, 3.05) is 6.61 Å². The Bertz CT molecular complexity index is 249. The quantitative estimate of drug-likeness (QED) is 0.658. The van der Waals surface area contributed by atoms with E-state index in [0.717, 1.165) is 41.4 Å². The summed E-state index contributed by atoms with van der Waals surface area (Å²) in [6.45, 7) is 0.438. The highest BCUT2D eigenvalue weighted by atomic mass is 16.3. The van der Waals surface area contributed by atoms with Crippen molar-refractivity contribution in [1.82, 2.24) is 0 Å². The van der Waals surface area contributed by atoms with Crippen LogP contribution in [0.3, 0.4) is 0 Å². The van der Waals surface area contributed by atoms with Gasteiger partial charge < -0.3 is 5.11 Å². The van der Waals surface area contributed by atoms with Crippen LogP contribution in [0.25, 0.3) is 0 Å². The molecule has 4 aliphatic rings. The molecule has 1 spiro atoms. The van der Waals surface area contributed by atoms with Gasteiger partial charge in [-0.1, -0.05) is 0 Å². The fourth-order valence-electron chi connectivity index (χ4n) is 5.47. The van der Waals surface area contributed by atoms with Crippen LogP contribution in [0.2, 0.25) is 0 Å². The highest BCUT2D eigenvalue weighted by Gasteiger charge is 2.85. The van der Waals surface area contributed by atoms with Crippen molar-refractivity contribution < 1.29 is 5.11 Å². The second-order valence-corrected chi connectivity index (χ2v) is 5.47. The summed E-state index contributed by atoms with van der Waals surface area (Å²) < 4.78 is 0. The van der Waals surface area contributed by atoms with Gasteiger partial charge >= 0.3 is 0 Å². The second kappa shape index (κ2) is 1.61. The third-order valence-corrected chi connectivity index (χ3v) is 5.64. The van der Waals surface area contributed by atoms with Gasteiger partial charge in [-0.05, 0) is 60.7 Å². The molecular weight excluding hydrogens is 148 g/mol. The van der Waals surface area contributed by atoms with Crippen LogP contribution in [0.5, 0.6) is 0 Å². The summed E-state index contributed by atoms with van der Waals surface area (Å²) in [6, 6.07) is 0. The first kappa shape index (κ1) is 6.42. The molecule has 0 saturated heterocycles. The molecule has 0 aliphatic heterocycles. The first-order valence-corrected chi connectivity index (χ1v) is 5.50. The van der Waals surface area contributed by atoms with Gasteiger partial charge in [0.1, 0.15) is 0 Å². The maximum Gasteiger partial charge on any atom is 0.0433 e. The lowest BCUT2D eigenvalue weighted by molar-refractivity contribution is -0.134. The van der Waals surface area contributed by atoms with Crippen molar-refractivity contribution in [3.63, 3.8) is 0 Å². The minimum absolute atomic E-state index is 0.438. The molecule has 66 valence electrons. The Labute approximate surface area is 73.2 Å². The monoisotopic (exact) mass is 164 g/mol. The number of fused-ring (bicyclic) bond motifs is 1. The molecule has 4 rings (SSSR count). The van der Waals surface area contributed by atoms with E-state index in [9.17, 15) is 0 Å². The number of aliphatic hydroxyl groups is 1.